The number of thiophene rings is 1. The number of nitrogens with one attached hydrogen (secondary N) is 2. The molecule has 2 aromatic heterocycles. The van der Waals surface area contributed by atoms with E-state index >= 15 is 0 Å². The van der Waals surface area contributed by atoms with Crippen molar-refractivity contribution in [3.05, 3.63) is 16.8 Å². The van der Waals surface area contributed by atoms with Gasteiger partial charge in [0.2, 0.25) is 5.91 Å². The van der Waals surface area contributed by atoms with E-state index in [0.717, 1.165) is 29.1 Å². The standard InChI is InChI=1S/C16H20N4O2S/c1-7-8(2)23-16-11(7)15(17-6-18-16)20-12-10-4-5-22-14(10)13(12)19-9(3)21/h6,10,12-14H,4-5H2,1-3H3,(H,19,21)(H,17,18,20)/t10-,12+,13-,14-/m1/s1. The summed E-state index contributed by atoms with van der Waals surface area (Å²) >= 11 is 1.69. The molecule has 1 saturated carbocycles. The van der Waals surface area contributed by atoms with Crippen LogP contribution in [0.1, 0.15) is 23.8 Å². The van der Waals surface area contributed by atoms with Crippen LogP contribution in [-0.2, 0) is 9.53 Å². The van der Waals surface area contributed by atoms with Crippen molar-refractivity contribution < 1.29 is 9.53 Å². The molecular formula is C16H20N4O2S. The fourth-order valence-corrected chi connectivity index (χ4v) is 4.76. The summed E-state index contributed by atoms with van der Waals surface area (Å²) in [6, 6.07) is 0.161. The van der Waals surface area contributed by atoms with Crippen molar-refractivity contribution in [1.82, 2.24) is 15.3 Å². The van der Waals surface area contributed by atoms with Gasteiger partial charge in [-0.25, -0.2) is 9.97 Å². The summed E-state index contributed by atoms with van der Waals surface area (Å²) in [5, 5.41) is 7.68. The van der Waals surface area contributed by atoms with E-state index in [2.05, 4.69) is 34.4 Å². The molecule has 3 heterocycles. The van der Waals surface area contributed by atoms with Crippen LogP contribution in [0, 0.1) is 19.8 Å². The number of rotatable bonds is 3. The number of nitrogens with zero attached hydrogens (tertiary/aromatic N) is 2. The van der Waals surface area contributed by atoms with Crippen LogP contribution < -0.4 is 10.6 Å². The van der Waals surface area contributed by atoms with Crippen LogP contribution in [0.5, 0.6) is 0 Å². The van der Waals surface area contributed by atoms with Crippen molar-refractivity contribution in [2.75, 3.05) is 11.9 Å². The van der Waals surface area contributed by atoms with Gasteiger partial charge in [0.25, 0.3) is 0 Å². The molecule has 0 radical (unpaired) electrons. The zero-order valence-corrected chi connectivity index (χ0v) is 14.2. The molecular weight excluding hydrogens is 312 g/mol. The highest BCUT2D eigenvalue weighted by atomic mass is 32.1. The number of aromatic nitrogens is 2. The average molecular weight is 332 g/mol. The molecule has 0 unspecified atom stereocenters. The number of hydrogen-bond acceptors (Lipinski definition) is 6. The lowest BCUT2D eigenvalue weighted by Gasteiger charge is -2.48. The molecule has 1 saturated heterocycles. The predicted molar refractivity (Wildman–Crippen MR) is 89.8 cm³/mol. The van der Waals surface area contributed by atoms with Crippen LogP contribution in [0.25, 0.3) is 10.2 Å². The highest BCUT2D eigenvalue weighted by Gasteiger charge is 2.54. The molecule has 6 nitrogen and oxygen atoms in total. The van der Waals surface area contributed by atoms with Crippen LogP contribution in [0.15, 0.2) is 6.33 Å². The van der Waals surface area contributed by atoms with Gasteiger partial charge in [0.15, 0.2) is 0 Å². The van der Waals surface area contributed by atoms with Gasteiger partial charge in [0.05, 0.1) is 23.6 Å². The largest absolute Gasteiger partial charge is 0.376 e. The first-order valence-electron chi connectivity index (χ1n) is 7.92. The smallest absolute Gasteiger partial charge is 0.217 e. The van der Waals surface area contributed by atoms with E-state index in [1.807, 2.05) is 0 Å². The first-order chi connectivity index (χ1) is 11.1. The fourth-order valence-electron chi connectivity index (χ4n) is 3.76. The molecule has 7 heteroatoms. The molecule has 0 spiro atoms. The maximum Gasteiger partial charge on any atom is 0.217 e. The lowest BCUT2D eigenvalue weighted by Crippen LogP contribution is -2.68. The minimum atomic E-state index is -0.0221. The summed E-state index contributed by atoms with van der Waals surface area (Å²) in [7, 11) is 0. The van der Waals surface area contributed by atoms with Crippen molar-refractivity contribution in [2.24, 2.45) is 5.92 Å². The Morgan fingerprint density at radius 3 is 2.96 bits per heavy atom. The number of ether oxygens (including phenoxy) is 1. The number of anilines is 1. The zero-order valence-electron chi connectivity index (χ0n) is 13.4. The van der Waals surface area contributed by atoms with E-state index in [-0.39, 0.29) is 24.1 Å². The van der Waals surface area contributed by atoms with Crippen molar-refractivity contribution >= 4 is 33.3 Å². The summed E-state index contributed by atoms with van der Waals surface area (Å²) in [4.78, 5) is 22.6. The third-order valence-corrected chi connectivity index (χ3v) is 6.14. The first-order valence-corrected chi connectivity index (χ1v) is 8.74. The van der Waals surface area contributed by atoms with Crippen molar-refractivity contribution in [3.8, 4) is 0 Å². The van der Waals surface area contributed by atoms with Gasteiger partial charge in [-0.15, -0.1) is 11.3 Å². The van der Waals surface area contributed by atoms with E-state index in [4.69, 9.17) is 4.74 Å². The summed E-state index contributed by atoms with van der Waals surface area (Å²) in [5.41, 5.74) is 1.22. The number of fused-ring (bicyclic) bond motifs is 2. The normalized spacial score (nSPS) is 29.2. The summed E-state index contributed by atoms with van der Waals surface area (Å²) in [5.74, 6) is 1.27. The number of carbonyl (C=O) groups is 1. The van der Waals surface area contributed by atoms with Gasteiger partial charge >= 0.3 is 0 Å². The number of aryl methyl sites for hydroxylation is 2. The zero-order chi connectivity index (χ0) is 16.1. The third kappa shape index (κ3) is 2.30. The Hall–Kier alpha value is -1.73. The lowest BCUT2D eigenvalue weighted by atomic mass is 9.71. The molecule has 0 bridgehead atoms. The molecule has 1 amide bonds. The van der Waals surface area contributed by atoms with Crippen LogP contribution in [0.2, 0.25) is 0 Å². The van der Waals surface area contributed by atoms with Crippen LogP contribution in [0.3, 0.4) is 0 Å². The molecule has 1 aliphatic carbocycles. The molecule has 4 atom stereocenters. The van der Waals surface area contributed by atoms with Crippen molar-refractivity contribution in [2.45, 2.75) is 45.4 Å². The molecule has 2 aromatic rings. The first kappa shape index (κ1) is 14.8. The number of amides is 1. The summed E-state index contributed by atoms with van der Waals surface area (Å²) in [6.07, 6.45) is 2.75. The average Bonchev–Trinajstić information content (AvgIpc) is 3.06. The minimum Gasteiger partial charge on any atom is -0.376 e. The predicted octanol–water partition coefficient (Wildman–Crippen LogP) is 2.01. The second-order valence-electron chi connectivity index (χ2n) is 6.37. The number of carbonyl (C=O) groups excluding carboxylic acids is 1. The van der Waals surface area contributed by atoms with E-state index in [1.54, 1.807) is 24.6 Å². The Morgan fingerprint density at radius 1 is 1.35 bits per heavy atom. The SMILES string of the molecule is CC(=O)N[C@@H]1[C@@H](Nc2ncnc3sc(C)c(C)c23)[C@H]2CCO[C@H]21. The van der Waals surface area contributed by atoms with E-state index in [0.29, 0.717) is 5.92 Å². The Kier molecular flexibility index (Phi) is 3.50. The van der Waals surface area contributed by atoms with Gasteiger partial charge in [-0.2, -0.15) is 0 Å². The maximum absolute atomic E-state index is 11.5. The maximum atomic E-state index is 11.5. The highest BCUT2D eigenvalue weighted by Crippen LogP contribution is 2.42. The molecule has 2 N–H and O–H groups in total. The van der Waals surface area contributed by atoms with Crippen molar-refractivity contribution in [3.63, 3.8) is 0 Å². The quantitative estimate of drug-likeness (QED) is 0.899. The minimum absolute atomic E-state index is 0.00468. The Bertz CT molecular complexity index is 775. The monoisotopic (exact) mass is 332 g/mol. The van der Waals surface area contributed by atoms with Crippen LogP contribution in [0.4, 0.5) is 5.82 Å². The van der Waals surface area contributed by atoms with E-state index < -0.39 is 0 Å². The van der Waals surface area contributed by atoms with Gasteiger partial charge in [0.1, 0.15) is 17.0 Å². The second-order valence-corrected chi connectivity index (χ2v) is 7.57. The van der Waals surface area contributed by atoms with Crippen LogP contribution >= 0.6 is 11.3 Å². The molecule has 0 aromatic carbocycles. The molecule has 23 heavy (non-hydrogen) atoms. The highest BCUT2D eigenvalue weighted by molar-refractivity contribution is 7.18. The number of hydrogen-bond donors (Lipinski definition) is 2. The molecule has 2 fully saturated rings. The van der Waals surface area contributed by atoms with Gasteiger partial charge in [0, 0.05) is 24.3 Å². The van der Waals surface area contributed by atoms with E-state index in [9.17, 15) is 4.79 Å². The Balaban J connectivity index is 1.65. The molecule has 4 rings (SSSR count). The van der Waals surface area contributed by atoms with Crippen molar-refractivity contribution in [1.29, 1.82) is 0 Å². The fraction of sp³-hybridized carbons (Fsp3) is 0.562. The van der Waals surface area contributed by atoms with Crippen LogP contribution in [-0.4, -0.2) is 40.7 Å². The van der Waals surface area contributed by atoms with Gasteiger partial charge in [-0.05, 0) is 25.8 Å². The summed E-state index contributed by atoms with van der Waals surface area (Å²) < 4.78 is 5.76. The summed E-state index contributed by atoms with van der Waals surface area (Å²) in [6.45, 7) is 6.53. The van der Waals surface area contributed by atoms with Gasteiger partial charge in [-0.1, -0.05) is 0 Å². The lowest BCUT2D eigenvalue weighted by molar-refractivity contribution is -0.123. The molecule has 122 valence electrons. The molecule has 1 aliphatic heterocycles. The molecule has 2 aliphatic rings. The Morgan fingerprint density at radius 2 is 2.17 bits per heavy atom. The van der Waals surface area contributed by atoms with Gasteiger partial charge < -0.3 is 15.4 Å². The Labute approximate surface area is 138 Å². The van der Waals surface area contributed by atoms with E-state index in [1.165, 1.54) is 10.4 Å². The van der Waals surface area contributed by atoms with Gasteiger partial charge in [-0.3, -0.25) is 4.79 Å². The topological polar surface area (TPSA) is 76.1 Å². The third-order valence-electron chi connectivity index (χ3n) is 5.02. The second kappa shape index (κ2) is 5.42.